The van der Waals surface area contributed by atoms with E-state index in [-0.39, 0.29) is 52.3 Å². The summed E-state index contributed by atoms with van der Waals surface area (Å²) < 4.78 is 6.12. The van der Waals surface area contributed by atoms with Crippen molar-refractivity contribution in [3.05, 3.63) is 0 Å². The van der Waals surface area contributed by atoms with E-state index in [0.29, 0.717) is 6.42 Å². The third-order valence-electron chi connectivity index (χ3n) is 6.22. The number of hydrogen-bond acceptors (Lipinski definition) is 5. The van der Waals surface area contributed by atoms with E-state index in [4.69, 9.17) is 4.74 Å². The van der Waals surface area contributed by atoms with Crippen LogP contribution >= 0.6 is 11.8 Å². The van der Waals surface area contributed by atoms with Crippen molar-refractivity contribution in [2.75, 3.05) is 12.4 Å². The maximum atomic E-state index is 12.7. The highest BCUT2D eigenvalue weighted by atomic mass is 32.2. The Hall–Kier alpha value is -1.02. The molecule has 190 valence electrons. The largest absolute Gasteiger partial charge is 0.376 e. The molecular formula is C25H47BN2O4S. The third kappa shape index (κ3) is 10.4. The van der Waals surface area contributed by atoms with Gasteiger partial charge in [0.15, 0.2) is 0 Å². The minimum Gasteiger partial charge on any atom is -0.376 e. The second kappa shape index (κ2) is 11.6. The molecule has 1 aliphatic rings. The first kappa shape index (κ1) is 30.0. The van der Waals surface area contributed by atoms with Gasteiger partial charge in [0.25, 0.3) is 0 Å². The number of rotatable bonds is 14. The SMILES string of the molecule is BC(C)(C)CCOC(C)(C)CCC(C)(C)NC(=O)CCC(C)(C)N1C(=O)CC(SCC)C1=O. The van der Waals surface area contributed by atoms with Gasteiger partial charge >= 0.3 is 0 Å². The molecule has 1 unspecified atom stereocenters. The van der Waals surface area contributed by atoms with E-state index in [1.165, 1.54) is 16.7 Å². The van der Waals surface area contributed by atoms with Crippen molar-refractivity contribution in [2.24, 2.45) is 0 Å². The van der Waals surface area contributed by atoms with Gasteiger partial charge in [0, 0.05) is 30.5 Å². The van der Waals surface area contributed by atoms with E-state index < -0.39 is 5.54 Å². The first-order valence-corrected chi connectivity index (χ1v) is 13.4. The molecule has 1 fully saturated rings. The first-order chi connectivity index (χ1) is 14.9. The Morgan fingerprint density at radius 2 is 1.67 bits per heavy atom. The van der Waals surface area contributed by atoms with Crippen molar-refractivity contribution in [1.82, 2.24) is 10.2 Å². The van der Waals surface area contributed by atoms with E-state index in [2.05, 4.69) is 40.9 Å². The summed E-state index contributed by atoms with van der Waals surface area (Å²) in [6.07, 6.45) is 3.61. The molecule has 0 spiro atoms. The van der Waals surface area contributed by atoms with Gasteiger partial charge in [-0.05, 0) is 73.0 Å². The van der Waals surface area contributed by atoms with Crippen LogP contribution in [0, 0.1) is 0 Å². The van der Waals surface area contributed by atoms with Crippen LogP contribution in [0.1, 0.15) is 101 Å². The number of nitrogens with zero attached hydrogens (tertiary/aromatic N) is 1. The minimum atomic E-state index is -0.679. The van der Waals surface area contributed by atoms with Crippen LogP contribution in [-0.2, 0) is 19.1 Å². The fourth-order valence-electron chi connectivity index (χ4n) is 3.92. The minimum absolute atomic E-state index is 0.0573. The number of imide groups is 1. The maximum Gasteiger partial charge on any atom is 0.243 e. The fourth-order valence-corrected chi connectivity index (χ4v) is 4.84. The molecule has 8 heteroatoms. The summed E-state index contributed by atoms with van der Waals surface area (Å²) in [6, 6.07) is 0. The van der Waals surface area contributed by atoms with Gasteiger partial charge in [-0.1, -0.05) is 26.1 Å². The fraction of sp³-hybridized carbons (Fsp3) is 0.880. The third-order valence-corrected chi connectivity index (χ3v) is 7.32. The Morgan fingerprint density at radius 3 is 2.21 bits per heavy atom. The quantitative estimate of drug-likeness (QED) is 0.298. The van der Waals surface area contributed by atoms with Gasteiger partial charge in [0.1, 0.15) is 7.85 Å². The Labute approximate surface area is 207 Å². The van der Waals surface area contributed by atoms with Crippen molar-refractivity contribution in [3.8, 4) is 0 Å². The Bertz CT molecular complexity index is 701. The number of likely N-dealkylation sites (tertiary alicyclic amines) is 1. The Balaban J connectivity index is 2.54. The van der Waals surface area contributed by atoms with Crippen LogP contribution in [0.4, 0.5) is 0 Å². The molecule has 0 aromatic heterocycles. The number of hydrogen-bond donors (Lipinski definition) is 1. The lowest BCUT2D eigenvalue weighted by molar-refractivity contribution is -0.145. The smallest absolute Gasteiger partial charge is 0.243 e. The molecule has 0 radical (unpaired) electrons. The summed E-state index contributed by atoms with van der Waals surface area (Å²) in [5.41, 5.74) is -1.30. The first-order valence-electron chi connectivity index (χ1n) is 12.3. The molecule has 33 heavy (non-hydrogen) atoms. The number of nitrogens with one attached hydrogen (secondary N) is 1. The molecule has 1 atom stereocenters. The van der Waals surface area contributed by atoms with Gasteiger partial charge in [0.05, 0.1) is 10.9 Å². The van der Waals surface area contributed by atoms with Gasteiger partial charge < -0.3 is 10.1 Å². The maximum absolute atomic E-state index is 12.7. The number of amides is 3. The van der Waals surface area contributed by atoms with Crippen molar-refractivity contribution >= 4 is 37.3 Å². The summed E-state index contributed by atoms with van der Waals surface area (Å²) in [4.78, 5) is 39.3. The van der Waals surface area contributed by atoms with Gasteiger partial charge in [-0.15, -0.1) is 11.8 Å². The second-order valence-electron chi connectivity index (χ2n) is 12.4. The monoisotopic (exact) mass is 482 g/mol. The van der Waals surface area contributed by atoms with Crippen LogP contribution in [0.3, 0.4) is 0 Å². The lowest BCUT2D eigenvalue weighted by Gasteiger charge is -2.35. The highest BCUT2D eigenvalue weighted by molar-refractivity contribution is 8.00. The van der Waals surface area contributed by atoms with E-state index in [1.54, 1.807) is 0 Å². The molecule has 1 N–H and O–H groups in total. The lowest BCUT2D eigenvalue weighted by atomic mass is 9.70. The molecule has 0 aromatic rings. The normalized spacial score (nSPS) is 18.2. The summed E-state index contributed by atoms with van der Waals surface area (Å²) in [5, 5.41) is 3.10. The topological polar surface area (TPSA) is 75.7 Å². The molecule has 1 heterocycles. The van der Waals surface area contributed by atoms with E-state index in [9.17, 15) is 14.4 Å². The molecule has 0 aliphatic carbocycles. The summed E-state index contributed by atoms with van der Waals surface area (Å²) >= 11 is 1.51. The van der Waals surface area contributed by atoms with Crippen molar-refractivity contribution in [3.63, 3.8) is 0 Å². The average Bonchev–Trinajstić information content (AvgIpc) is 2.91. The molecule has 6 nitrogen and oxygen atoms in total. The van der Waals surface area contributed by atoms with E-state index in [1.807, 2.05) is 34.6 Å². The van der Waals surface area contributed by atoms with Crippen LogP contribution in [0.2, 0.25) is 5.31 Å². The van der Waals surface area contributed by atoms with Gasteiger partial charge in [-0.3, -0.25) is 19.3 Å². The Morgan fingerprint density at radius 1 is 1.06 bits per heavy atom. The molecule has 1 rings (SSSR count). The number of carbonyl (C=O) groups is 3. The number of thioether (sulfide) groups is 1. The summed E-state index contributed by atoms with van der Waals surface area (Å²) in [7, 11) is 2.21. The van der Waals surface area contributed by atoms with Gasteiger partial charge in [-0.2, -0.15) is 0 Å². The molecule has 3 amide bonds. The average molecular weight is 483 g/mol. The highest BCUT2D eigenvalue weighted by Gasteiger charge is 2.45. The van der Waals surface area contributed by atoms with Gasteiger partial charge in [0.2, 0.25) is 17.7 Å². The zero-order valence-corrected chi connectivity index (χ0v) is 23.5. The predicted molar refractivity (Wildman–Crippen MR) is 140 cm³/mol. The summed E-state index contributed by atoms with van der Waals surface area (Å²) in [6.45, 7) is 19.1. The van der Waals surface area contributed by atoms with Crippen LogP contribution in [0.15, 0.2) is 0 Å². The van der Waals surface area contributed by atoms with Crippen LogP contribution in [0.5, 0.6) is 0 Å². The molecule has 0 saturated carbocycles. The summed E-state index contributed by atoms with van der Waals surface area (Å²) in [5.74, 6) is 0.489. The van der Waals surface area contributed by atoms with Crippen LogP contribution in [0.25, 0.3) is 0 Å². The second-order valence-corrected chi connectivity index (χ2v) is 13.9. The van der Waals surface area contributed by atoms with Crippen molar-refractivity contribution in [1.29, 1.82) is 0 Å². The van der Waals surface area contributed by atoms with E-state index >= 15 is 0 Å². The number of carbonyl (C=O) groups excluding carboxylic acids is 3. The molecule has 1 aliphatic heterocycles. The molecular weight excluding hydrogens is 435 g/mol. The highest BCUT2D eigenvalue weighted by Crippen LogP contribution is 2.33. The standard InChI is InChI=1S/C25H47BN2O4S/c1-10-33-18-17-20(30)28(21(18)31)24(6,7)12-11-19(29)27-23(4,5)13-14-25(8,9)32-16-15-22(2,3)26/h18H,10-17,26H2,1-9H3,(H,27,29). The molecule has 0 aromatic carbocycles. The van der Waals surface area contributed by atoms with Crippen molar-refractivity contribution in [2.45, 2.75) is 128 Å². The molecule has 1 saturated heterocycles. The van der Waals surface area contributed by atoms with E-state index in [0.717, 1.165) is 31.6 Å². The zero-order valence-electron chi connectivity index (χ0n) is 22.7. The van der Waals surface area contributed by atoms with Crippen molar-refractivity contribution < 1.29 is 19.1 Å². The zero-order chi connectivity index (χ0) is 25.7. The van der Waals surface area contributed by atoms with Crippen LogP contribution < -0.4 is 5.32 Å². The predicted octanol–water partition coefficient (Wildman–Crippen LogP) is 4.12. The van der Waals surface area contributed by atoms with Crippen LogP contribution in [-0.4, -0.2) is 64.8 Å². The number of ether oxygens (including phenoxy) is 1. The lowest BCUT2D eigenvalue weighted by Crippen LogP contribution is -2.49. The Kier molecular flexibility index (Phi) is 10.6. The van der Waals surface area contributed by atoms with Gasteiger partial charge in [-0.25, -0.2) is 0 Å². The molecule has 0 bridgehead atoms.